The van der Waals surface area contributed by atoms with Crippen LogP contribution in [0.1, 0.15) is 16.1 Å². The van der Waals surface area contributed by atoms with Crippen LogP contribution in [0.25, 0.3) is 28.2 Å². The van der Waals surface area contributed by atoms with Gasteiger partial charge in [-0.05, 0) is 29.7 Å². The van der Waals surface area contributed by atoms with Crippen LogP contribution in [0.2, 0.25) is 0 Å². The Morgan fingerprint density at radius 1 is 0.969 bits per heavy atom. The zero-order chi connectivity index (χ0) is 22.2. The molecule has 1 amide bonds. The van der Waals surface area contributed by atoms with E-state index in [0.29, 0.717) is 26.3 Å². The second-order valence-electron chi connectivity index (χ2n) is 7.07. The van der Waals surface area contributed by atoms with Crippen LogP contribution in [0, 0.1) is 0 Å². The van der Waals surface area contributed by atoms with Gasteiger partial charge in [0.1, 0.15) is 11.5 Å². The number of furan rings is 1. The minimum absolute atomic E-state index is 0.149. The minimum atomic E-state index is -1.03. The number of hydrogen-bond acceptors (Lipinski definition) is 5. The number of carbonyl (C=O) groups excluding carboxylic acids is 1. The van der Waals surface area contributed by atoms with Crippen molar-refractivity contribution in [3.05, 3.63) is 95.1 Å². The Bertz CT molecular complexity index is 1430. The van der Waals surface area contributed by atoms with Gasteiger partial charge < -0.3 is 9.52 Å². The summed E-state index contributed by atoms with van der Waals surface area (Å²) in [4.78, 5) is 26.7. The summed E-state index contributed by atoms with van der Waals surface area (Å²) in [6.07, 6.45) is 1.64. The fourth-order valence-corrected chi connectivity index (χ4v) is 4.93. The van der Waals surface area contributed by atoms with Crippen molar-refractivity contribution in [2.45, 2.75) is 0 Å². The number of carbonyl (C=O) groups is 2. The average molecular weight is 458 g/mol. The molecule has 32 heavy (non-hydrogen) atoms. The lowest BCUT2D eigenvalue weighted by Crippen LogP contribution is -2.27. The number of nitrogens with zero attached hydrogens (tertiary/aromatic N) is 1. The van der Waals surface area contributed by atoms with Crippen LogP contribution in [0.15, 0.2) is 88.2 Å². The number of thiocarbonyl (C=S) groups is 1. The number of thioether (sulfide) groups is 1. The van der Waals surface area contributed by atoms with Crippen molar-refractivity contribution in [2.75, 3.05) is 4.90 Å². The summed E-state index contributed by atoms with van der Waals surface area (Å²) in [6, 6.07) is 23.6. The van der Waals surface area contributed by atoms with Crippen molar-refractivity contribution in [2.24, 2.45) is 0 Å². The van der Waals surface area contributed by atoms with Gasteiger partial charge in [-0.1, -0.05) is 78.6 Å². The first-order chi connectivity index (χ1) is 15.5. The van der Waals surface area contributed by atoms with Crippen LogP contribution in [-0.2, 0) is 4.79 Å². The number of anilines is 1. The fourth-order valence-electron chi connectivity index (χ4n) is 3.67. The molecule has 0 spiro atoms. The third-order valence-electron chi connectivity index (χ3n) is 5.12. The maximum absolute atomic E-state index is 13.2. The van der Waals surface area contributed by atoms with Crippen molar-refractivity contribution >= 4 is 62.7 Å². The number of amides is 1. The molecule has 0 aliphatic carbocycles. The summed E-state index contributed by atoms with van der Waals surface area (Å²) in [5.74, 6) is -0.396. The lowest BCUT2D eigenvalue weighted by molar-refractivity contribution is -0.113. The van der Waals surface area contributed by atoms with E-state index in [2.05, 4.69) is 0 Å². The predicted molar refractivity (Wildman–Crippen MR) is 131 cm³/mol. The fraction of sp³-hybridized carbons (Fsp3) is 0. The molecule has 2 heterocycles. The molecule has 0 saturated carbocycles. The summed E-state index contributed by atoms with van der Waals surface area (Å²) in [6.45, 7) is 0. The summed E-state index contributed by atoms with van der Waals surface area (Å²) in [5.41, 5.74) is 1.36. The van der Waals surface area contributed by atoms with E-state index in [0.717, 1.165) is 16.5 Å². The molecule has 7 heteroatoms. The van der Waals surface area contributed by atoms with Crippen molar-refractivity contribution in [1.82, 2.24) is 0 Å². The third-order valence-corrected chi connectivity index (χ3v) is 6.43. The van der Waals surface area contributed by atoms with Gasteiger partial charge in [0.05, 0.1) is 16.2 Å². The largest absolute Gasteiger partial charge is 0.478 e. The molecule has 5 nitrogen and oxygen atoms in total. The van der Waals surface area contributed by atoms with E-state index in [1.54, 1.807) is 36.4 Å². The number of rotatable bonds is 4. The Morgan fingerprint density at radius 2 is 1.72 bits per heavy atom. The minimum Gasteiger partial charge on any atom is -0.478 e. The maximum atomic E-state index is 13.2. The number of carboxylic acid groups (broad SMARTS) is 1. The highest BCUT2D eigenvalue weighted by Crippen LogP contribution is 2.39. The smallest absolute Gasteiger partial charge is 0.336 e. The molecule has 1 aliphatic rings. The Morgan fingerprint density at radius 3 is 2.56 bits per heavy atom. The Balaban J connectivity index is 1.49. The third kappa shape index (κ3) is 3.51. The molecular weight excluding hydrogens is 442 g/mol. The monoisotopic (exact) mass is 457 g/mol. The first-order valence-corrected chi connectivity index (χ1v) is 10.9. The van der Waals surface area contributed by atoms with Gasteiger partial charge in [-0.15, -0.1) is 0 Å². The van der Waals surface area contributed by atoms with Gasteiger partial charge in [0.2, 0.25) is 0 Å². The van der Waals surface area contributed by atoms with E-state index in [1.807, 2.05) is 42.5 Å². The molecule has 156 valence electrons. The summed E-state index contributed by atoms with van der Waals surface area (Å²) >= 11 is 6.72. The predicted octanol–water partition coefficient (Wildman–Crippen LogP) is 6.20. The van der Waals surface area contributed by atoms with Gasteiger partial charge in [0.25, 0.3) is 5.91 Å². The number of hydrogen-bond donors (Lipinski definition) is 1. The Labute approximate surface area is 193 Å². The van der Waals surface area contributed by atoms with Gasteiger partial charge in [0, 0.05) is 17.0 Å². The highest BCUT2D eigenvalue weighted by atomic mass is 32.2. The van der Waals surface area contributed by atoms with E-state index in [1.165, 1.54) is 22.7 Å². The molecule has 0 unspecified atom stereocenters. The summed E-state index contributed by atoms with van der Waals surface area (Å²) < 4.78 is 6.30. The van der Waals surface area contributed by atoms with E-state index in [9.17, 15) is 14.7 Å². The molecule has 0 bridgehead atoms. The zero-order valence-electron chi connectivity index (χ0n) is 16.5. The summed E-state index contributed by atoms with van der Waals surface area (Å²) in [7, 11) is 0. The molecule has 1 aliphatic heterocycles. The maximum Gasteiger partial charge on any atom is 0.336 e. The quantitative estimate of drug-likeness (QED) is 0.290. The second-order valence-corrected chi connectivity index (χ2v) is 8.74. The van der Waals surface area contributed by atoms with E-state index < -0.39 is 5.97 Å². The molecular formula is C25H15NO4S2. The van der Waals surface area contributed by atoms with Gasteiger partial charge in [-0.3, -0.25) is 9.69 Å². The molecule has 1 N–H and O–H groups in total. The first-order valence-electron chi connectivity index (χ1n) is 9.71. The van der Waals surface area contributed by atoms with Crippen molar-refractivity contribution in [1.29, 1.82) is 0 Å². The van der Waals surface area contributed by atoms with E-state index in [-0.39, 0.29) is 11.5 Å². The zero-order valence-corrected chi connectivity index (χ0v) is 18.2. The SMILES string of the molecule is O=C(O)c1ccccc1-c1ccc(/C=C2/SC(=S)N(c3cccc4ccccc34)C2=O)o1. The van der Waals surface area contributed by atoms with Crippen molar-refractivity contribution < 1.29 is 19.1 Å². The molecule has 4 aromatic rings. The number of fused-ring (bicyclic) bond motifs is 1. The van der Waals surface area contributed by atoms with Crippen LogP contribution in [-0.4, -0.2) is 21.3 Å². The molecule has 1 fully saturated rings. The highest BCUT2D eigenvalue weighted by molar-refractivity contribution is 8.27. The Kier molecular flexibility index (Phi) is 5.13. The number of benzene rings is 3. The van der Waals surface area contributed by atoms with E-state index >= 15 is 0 Å². The van der Waals surface area contributed by atoms with Crippen LogP contribution in [0.5, 0.6) is 0 Å². The number of aromatic carboxylic acids is 1. The topological polar surface area (TPSA) is 70.8 Å². The van der Waals surface area contributed by atoms with Crippen LogP contribution in [0.3, 0.4) is 0 Å². The molecule has 1 aromatic heterocycles. The van der Waals surface area contributed by atoms with Crippen molar-refractivity contribution in [3.63, 3.8) is 0 Å². The second kappa shape index (κ2) is 8.11. The van der Waals surface area contributed by atoms with Gasteiger partial charge in [0.15, 0.2) is 4.32 Å². The molecule has 3 aromatic carbocycles. The lowest BCUT2D eigenvalue weighted by Gasteiger charge is -2.17. The molecule has 0 atom stereocenters. The number of carboxylic acids is 1. The standard InChI is InChI=1S/C25H15NO4S2/c27-23-22(14-16-12-13-21(30-16)18-9-3-4-10-19(18)24(28)29)32-25(31)26(23)20-11-5-7-15-6-1-2-8-17(15)20/h1-14H,(H,28,29)/b22-14+. The van der Waals surface area contributed by atoms with Crippen molar-refractivity contribution in [3.8, 4) is 11.3 Å². The van der Waals surface area contributed by atoms with Gasteiger partial charge >= 0.3 is 5.97 Å². The summed E-state index contributed by atoms with van der Waals surface area (Å²) in [5, 5.41) is 11.4. The first kappa shape index (κ1) is 20.2. The Hall–Kier alpha value is -3.68. The van der Waals surface area contributed by atoms with E-state index in [4.69, 9.17) is 16.6 Å². The average Bonchev–Trinajstić information content (AvgIpc) is 3.37. The lowest BCUT2D eigenvalue weighted by atomic mass is 10.1. The van der Waals surface area contributed by atoms with Gasteiger partial charge in [-0.2, -0.15) is 0 Å². The highest BCUT2D eigenvalue weighted by Gasteiger charge is 2.34. The molecule has 5 rings (SSSR count). The molecule has 0 radical (unpaired) electrons. The normalized spacial score (nSPS) is 15.1. The van der Waals surface area contributed by atoms with Crippen LogP contribution >= 0.6 is 24.0 Å². The van der Waals surface area contributed by atoms with Crippen LogP contribution in [0.4, 0.5) is 5.69 Å². The van der Waals surface area contributed by atoms with Gasteiger partial charge in [-0.25, -0.2) is 4.79 Å². The molecule has 1 saturated heterocycles. The van der Waals surface area contributed by atoms with Crippen LogP contribution < -0.4 is 4.90 Å².